The summed E-state index contributed by atoms with van der Waals surface area (Å²) in [6.07, 6.45) is 4.49. The zero-order valence-corrected chi connectivity index (χ0v) is 16.9. The molecule has 1 aromatic carbocycles. The van der Waals surface area contributed by atoms with Gasteiger partial charge in [-0.2, -0.15) is 0 Å². The van der Waals surface area contributed by atoms with Gasteiger partial charge in [0, 0.05) is 12.8 Å². The summed E-state index contributed by atoms with van der Waals surface area (Å²) in [6, 6.07) is 6.17. The third kappa shape index (κ3) is 3.58. The van der Waals surface area contributed by atoms with E-state index in [0.29, 0.717) is 12.0 Å². The molecule has 0 aromatic heterocycles. The van der Waals surface area contributed by atoms with Crippen LogP contribution < -0.4 is 0 Å². The van der Waals surface area contributed by atoms with Crippen LogP contribution in [-0.4, -0.2) is 41.5 Å². The molecule has 2 amide bonds. The molecule has 1 heterocycles. The highest BCUT2D eigenvalue weighted by atomic mass is 32.2. The SMILES string of the molecule is O=C(O)[C@H]1C[C@@H]2CCCC[C@@H]2C1S(=O)(=O)c1ccc(CN2C(=O)CCC2=O)cc1. The van der Waals surface area contributed by atoms with Crippen LogP contribution in [0.15, 0.2) is 29.2 Å². The summed E-state index contributed by atoms with van der Waals surface area (Å²) in [4.78, 5) is 36.7. The molecule has 2 aliphatic carbocycles. The number of carboxylic acid groups (broad SMARTS) is 1. The van der Waals surface area contributed by atoms with Crippen LogP contribution in [0.1, 0.15) is 50.5 Å². The summed E-state index contributed by atoms with van der Waals surface area (Å²) in [6.45, 7) is 0.129. The number of rotatable bonds is 5. The quantitative estimate of drug-likeness (QED) is 0.734. The number of aliphatic carboxylic acids is 1. The molecule has 0 spiro atoms. The maximum absolute atomic E-state index is 13.4. The third-order valence-corrected chi connectivity index (χ3v) is 9.09. The molecule has 2 saturated carbocycles. The number of carboxylic acids is 1. The number of carbonyl (C=O) groups is 3. The highest BCUT2D eigenvalue weighted by Gasteiger charge is 2.53. The van der Waals surface area contributed by atoms with E-state index in [-0.39, 0.29) is 47.9 Å². The summed E-state index contributed by atoms with van der Waals surface area (Å²) >= 11 is 0. The Hall–Kier alpha value is -2.22. The summed E-state index contributed by atoms with van der Waals surface area (Å²) in [5.74, 6) is -2.27. The molecule has 3 aliphatic rings. The zero-order valence-electron chi connectivity index (χ0n) is 16.1. The van der Waals surface area contributed by atoms with Gasteiger partial charge in [-0.1, -0.05) is 31.4 Å². The van der Waals surface area contributed by atoms with Crippen molar-refractivity contribution in [1.82, 2.24) is 4.90 Å². The molecule has 3 fully saturated rings. The first-order valence-electron chi connectivity index (χ1n) is 10.2. The van der Waals surface area contributed by atoms with E-state index in [4.69, 9.17) is 0 Å². The van der Waals surface area contributed by atoms with E-state index in [1.54, 1.807) is 12.1 Å². The van der Waals surface area contributed by atoms with Crippen LogP contribution in [0.25, 0.3) is 0 Å². The number of benzene rings is 1. The van der Waals surface area contributed by atoms with Crippen molar-refractivity contribution in [3.8, 4) is 0 Å². The van der Waals surface area contributed by atoms with Crippen LogP contribution in [0.2, 0.25) is 0 Å². The molecular formula is C21H25NO6S. The van der Waals surface area contributed by atoms with Crippen molar-refractivity contribution in [3.05, 3.63) is 29.8 Å². The summed E-state index contributed by atoms with van der Waals surface area (Å²) < 4.78 is 26.8. The van der Waals surface area contributed by atoms with Crippen LogP contribution in [0.3, 0.4) is 0 Å². The Morgan fingerprint density at radius 1 is 1.03 bits per heavy atom. The average Bonchev–Trinajstić information content (AvgIpc) is 3.24. The predicted molar refractivity (Wildman–Crippen MR) is 103 cm³/mol. The lowest BCUT2D eigenvalue weighted by molar-refractivity contribution is -0.142. The average molecular weight is 419 g/mol. The predicted octanol–water partition coefficient (Wildman–Crippen LogP) is 2.39. The summed E-state index contributed by atoms with van der Waals surface area (Å²) in [5, 5.41) is 8.77. The number of likely N-dealkylation sites (tertiary alicyclic amines) is 1. The van der Waals surface area contributed by atoms with Gasteiger partial charge in [0.2, 0.25) is 11.8 Å². The standard InChI is InChI=1S/C21H25NO6S/c23-18-9-10-19(24)22(18)12-13-5-7-15(8-6-13)29(27,28)20-16-4-2-1-3-14(16)11-17(20)21(25)26/h5-8,14,16-17,20H,1-4,9-12H2,(H,25,26)/t14-,16-,17-,20?/m0/s1. The summed E-state index contributed by atoms with van der Waals surface area (Å²) in [5.41, 5.74) is 0.671. The molecule has 8 heteroatoms. The van der Waals surface area contributed by atoms with Crippen molar-refractivity contribution in [3.63, 3.8) is 0 Å². The van der Waals surface area contributed by atoms with Gasteiger partial charge in [0.1, 0.15) is 0 Å². The molecule has 1 saturated heterocycles. The van der Waals surface area contributed by atoms with E-state index in [2.05, 4.69) is 0 Å². The van der Waals surface area contributed by atoms with E-state index >= 15 is 0 Å². The van der Waals surface area contributed by atoms with E-state index in [1.165, 1.54) is 17.0 Å². The molecule has 0 bridgehead atoms. The Labute approximate surface area is 170 Å². The molecule has 7 nitrogen and oxygen atoms in total. The second kappa shape index (κ2) is 7.55. The van der Waals surface area contributed by atoms with Gasteiger partial charge in [0.05, 0.1) is 22.6 Å². The number of hydrogen-bond donors (Lipinski definition) is 1. The van der Waals surface area contributed by atoms with Gasteiger partial charge in [-0.25, -0.2) is 8.42 Å². The zero-order chi connectivity index (χ0) is 20.8. The molecule has 1 unspecified atom stereocenters. The number of imide groups is 1. The minimum atomic E-state index is -3.80. The van der Waals surface area contributed by atoms with Crippen molar-refractivity contribution in [2.45, 2.75) is 61.6 Å². The fourth-order valence-electron chi connectivity index (χ4n) is 5.33. The van der Waals surface area contributed by atoms with Crippen molar-refractivity contribution < 1.29 is 27.9 Å². The number of hydrogen-bond acceptors (Lipinski definition) is 5. The maximum atomic E-state index is 13.4. The smallest absolute Gasteiger partial charge is 0.307 e. The Morgan fingerprint density at radius 2 is 1.66 bits per heavy atom. The molecule has 4 atom stereocenters. The topological polar surface area (TPSA) is 109 Å². The van der Waals surface area contributed by atoms with Gasteiger partial charge in [0.15, 0.2) is 9.84 Å². The first-order valence-corrected chi connectivity index (χ1v) is 11.7. The van der Waals surface area contributed by atoms with Crippen LogP contribution in [0.4, 0.5) is 0 Å². The van der Waals surface area contributed by atoms with E-state index < -0.39 is 27.0 Å². The first kappa shape index (κ1) is 20.1. The first-order chi connectivity index (χ1) is 13.8. The Morgan fingerprint density at radius 3 is 2.28 bits per heavy atom. The molecule has 156 valence electrons. The van der Waals surface area contributed by atoms with E-state index in [0.717, 1.165) is 25.7 Å². The number of fused-ring (bicyclic) bond motifs is 1. The van der Waals surface area contributed by atoms with Gasteiger partial charge < -0.3 is 5.11 Å². The van der Waals surface area contributed by atoms with Gasteiger partial charge >= 0.3 is 5.97 Å². The normalized spacial score (nSPS) is 29.9. The van der Waals surface area contributed by atoms with Crippen LogP contribution >= 0.6 is 0 Å². The van der Waals surface area contributed by atoms with Gasteiger partial charge in [-0.15, -0.1) is 0 Å². The number of sulfone groups is 1. The second-order valence-corrected chi connectivity index (χ2v) is 10.5. The largest absolute Gasteiger partial charge is 0.481 e. The van der Waals surface area contributed by atoms with Gasteiger partial charge in [0.25, 0.3) is 0 Å². The monoisotopic (exact) mass is 419 g/mol. The van der Waals surface area contributed by atoms with Crippen LogP contribution in [0.5, 0.6) is 0 Å². The van der Waals surface area contributed by atoms with Crippen molar-refractivity contribution >= 4 is 27.6 Å². The highest BCUT2D eigenvalue weighted by molar-refractivity contribution is 7.92. The Bertz CT molecular complexity index is 922. The fourth-order valence-corrected chi connectivity index (χ4v) is 7.64. The highest BCUT2D eigenvalue weighted by Crippen LogP contribution is 2.49. The van der Waals surface area contributed by atoms with E-state index in [9.17, 15) is 27.9 Å². The van der Waals surface area contributed by atoms with Crippen molar-refractivity contribution in [2.75, 3.05) is 0 Å². The minimum absolute atomic E-state index is 0.102. The van der Waals surface area contributed by atoms with Crippen LogP contribution in [0, 0.1) is 17.8 Å². The van der Waals surface area contributed by atoms with Crippen molar-refractivity contribution in [1.29, 1.82) is 0 Å². The van der Waals surface area contributed by atoms with Crippen LogP contribution in [-0.2, 0) is 30.8 Å². The lowest BCUT2D eigenvalue weighted by atomic mass is 9.82. The lowest BCUT2D eigenvalue weighted by Gasteiger charge is -2.29. The number of amides is 2. The minimum Gasteiger partial charge on any atom is -0.481 e. The Balaban J connectivity index is 1.58. The molecule has 4 rings (SSSR count). The van der Waals surface area contributed by atoms with Gasteiger partial charge in [-0.05, 0) is 42.4 Å². The van der Waals surface area contributed by atoms with E-state index in [1.807, 2.05) is 0 Å². The fraction of sp³-hybridized carbons (Fsp3) is 0.571. The lowest BCUT2D eigenvalue weighted by Crippen LogP contribution is -2.36. The number of carbonyl (C=O) groups excluding carboxylic acids is 2. The molecule has 1 aromatic rings. The second-order valence-electron chi connectivity index (χ2n) is 8.42. The molecular weight excluding hydrogens is 394 g/mol. The molecule has 1 N–H and O–H groups in total. The molecule has 29 heavy (non-hydrogen) atoms. The number of nitrogens with zero attached hydrogens (tertiary/aromatic N) is 1. The molecule has 1 aliphatic heterocycles. The summed E-state index contributed by atoms with van der Waals surface area (Å²) in [7, 11) is -3.80. The third-order valence-electron chi connectivity index (χ3n) is 6.77. The molecule has 0 radical (unpaired) electrons. The van der Waals surface area contributed by atoms with Crippen molar-refractivity contribution in [2.24, 2.45) is 17.8 Å². The van der Waals surface area contributed by atoms with Gasteiger partial charge in [-0.3, -0.25) is 19.3 Å². The maximum Gasteiger partial charge on any atom is 0.307 e. The Kier molecular flexibility index (Phi) is 5.23.